The van der Waals surface area contributed by atoms with Crippen LogP contribution in [0.25, 0.3) is 16.9 Å². The van der Waals surface area contributed by atoms with Gasteiger partial charge in [0, 0.05) is 37.0 Å². The van der Waals surface area contributed by atoms with Crippen LogP contribution in [-0.4, -0.2) is 34.9 Å². The van der Waals surface area contributed by atoms with Gasteiger partial charge < -0.3 is 10.1 Å². The zero-order chi connectivity index (χ0) is 15.5. The van der Waals surface area contributed by atoms with Gasteiger partial charge in [0.25, 0.3) is 0 Å². The summed E-state index contributed by atoms with van der Waals surface area (Å²) in [5, 5.41) is 7.84. The molecule has 2 aromatic heterocycles. The lowest BCUT2D eigenvalue weighted by Gasteiger charge is -2.08. The number of methoxy groups -OCH3 is 1. The molecule has 2 heterocycles. The molecule has 1 aromatic carbocycles. The summed E-state index contributed by atoms with van der Waals surface area (Å²) in [4.78, 5) is 4.48. The van der Waals surface area contributed by atoms with Crippen LogP contribution in [-0.2, 0) is 4.74 Å². The molecule has 3 aromatic rings. The quantitative estimate of drug-likeness (QED) is 0.736. The molecule has 1 N–H and O–H groups in total. The van der Waals surface area contributed by atoms with Crippen molar-refractivity contribution in [3.8, 4) is 11.3 Å². The third kappa shape index (κ3) is 2.92. The fourth-order valence-corrected chi connectivity index (χ4v) is 2.27. The van der Waals surface area contributed by atoms with E-state index in [1.54, 1.807) is 23.8 Å². The average Bonchev–Trinajstić information content (AvgIpc) is 2.92. The lowest BCUT2D eigenvalue weighted by molar-refractivity contribution is 0.210. The van der Waals surface area contributed by atoms with Crippen molar-refractivity contribution in [3.05, 3.63) is 47.9 Å². The first-order chi connectivity index (χ1) is 10.7. The zero-order valence-electron chi connectivity index (χ0n) is 12.5. The fourth-order valence-electron chi connectivity index (χ4n) is 2.27. The number of halogens is 1. The summed E-state index contributed by atoms with van der Waals surface area (Å²) in [5.41, 5.74) is 3.26. The number of rotatable bonds is 5. The van der Waals surface area contributed by atoms with E-state index in [-0.39, 0.29) is 5.82 Å². The van der Waals surface area contributed by atoms with Crippen LogP contribution in [0.5, 0.6) is 0 Å². The van der Waals surface area contributed by atoms with E-state index in [1.807, 2.05) is 19.1 Å². The predicted octanol–water partition coefficient (Wildman–Crippen LogP) is 2.90. The van der Waals surface area contributed by atoms with E-state index in [2.05, 4.69) is 15.4 Å². The fraction of sp³-hybridized carbons (Fsp3) is 0.250. The number of fused-ring (bicyclic) bond motifs is 1. The van der Waals surface area contributed by atoms with Gasteiger partial charge in [0.15, 0.2) is 5.65 Å². The largest absolute Gasteiger partial charge is 0.383 e. The minimum absolute atomic E-state index is 0.261. The Morgan fingerprint density at radius 2 is 2.00 bits per heavy atom. The van der Waals surface area contributed by atoms with Crippen LogP contribution in [0.2, 0.25) is 0 Å². The highest BCUT2D eigenvalue weighted by atomic mass is 19.1. The molecule has 0 aliphatic rings. The molecule has 0 radical (unpaired) electrons. The zero-order valence-corrected chi connectivity index (χ0v) is 12.5. The van der Waals surface area contributed by atoms with Crippen molar-refractivity contribution in [1.29, 1.82) is 0 Å². The second-order valence-corrected chi connectivity index (χ2v) is 5.01. The molecule has 0 bridgehead atoms. The van der Waals surface area contributed by atoms with Crippen molar-refractivity contribution >= 4 is 11.5 Å². The second-order valence-electron chi connectivity index (χ2n) is 5.01. The summed E-state index contributed by atoms with van der Waals surface area (Å²) in [6, 6.07) is 10.1. The number of ether oxygens (including phenoxy) is 1. The van der Waals surface area contributed by atoms with Crippen LogP contribution in [0.15, 0.2) is 36.4 Å². The van der Waals surface area contributed by atoms with Crippen molar-refractivity contribution in [2.75, 3.05) is 25.6 Å². The van der Waals surface area contributed by atoms with Gasteiger partial charge >= 0.3 is 0 Å². The topological polar surface area (TPSA) is 51.5 Å². The summed E-state index contributed by atoms with van der Waals surface area (Å²) in [5.74, 6) is 0.594. The van der Waals surface area contributed by atoms with Crippen molar-refractivity contribution in [3.63, 3.8) is 0 Å². The Kier molecular flexibility index (Phi) is 4.02. The van der Waals surface area contributed by atoms with Gasteiger partial charge in [0.2, 0.25) is 0 Å². The Balaban J connectivity index is 2.01. The van der Waals surface area contributed by atoms with Gasteiger partial charge in [-0.05, 0) is 31.2 Å². The molecule has 0 unspecified atom stereocenters. The molecule has 114 valence electrons. The van der Waals surface area contributed by atoms with E-state index in [9.17, 15) is 4.39 Å². The molecule has 6 heteroatoms. The highest BCUT2D eigenvalue weighted by Crippen LogP contribution is 2.22. The number of nitrogens with one attached hydrogen (secondary N) is 1. The van der Waals surface area contributed by atoms with Crippen LogP contribution < -0.4 is 5.32 Å². The molecule has 5 nitrogen and oxygen atoms in total. The highest BCUT2D eigenvalue weighted by Gasteiger charge is 2.09. The summed E-state index contributed by atoms with van der Waals surface area (Å²) >= 11 is 0. The second kappa shape index (κ2) is 6.11. The maximum atomic E-state index is 13.0. The number of hydrogen-bond acceptors (Lipinski definition) is 4. The van der Waals surface area contributed by atoms with Gasteiger partial charge in [-0.3, -0.25) is 0 Å². The van der Waals surface area contributed by atoms with Crippen LogP contribution in [0.3, 0.4) is 0 Å². The van der Waals surface area contributed by atoms with Gasteiger partial charge in [0.1, 0.15) is 11.6 Å². The van der Waals surface area contributed by atoms with E-state index in [1.165, 1.54) is 12.1 Å². The van der Waals surface area contributed by atoms with E-state index in [0.29, 0.717) is 13.2 Å². The first kappa shape index (κ1) is 14.5. The monoisotopic (exact) mass is 300 g/mol. The van der Waals surface area contributed by atoms with Crippen LogP contribution in [0.1, 0.15) is 5.69 Å². The lowest BCUT2D eigenvalue weighted by Crippen LogP contribution is -2.11. The smallest absolute Gasteiger partial charge is 0.158 e. The van der Waals surface area contributed by atoms with E-state index >= 15 is 0 Å². The maximum Gasteiger partial charge on any atom is 0.158 e. The molecule has 0 atom stereocenters. The third-order valence-electron chi connectivity index (χ3n) is 3.31. The minimum Gasteiger partial charge on any atom is -0.383 e. The first-order valence-corrected chi connectivity index (χ1v) is 7.03. The summed E-state index contributed by atoms with van der Waals surface area (Å²) in [6.07, 6.45) is 0. The molecule has 0 aliphatic carbocycles. The van der Waals surface area contributed by atoms with E-state index in [4.69, 9.17) is 4.74 Å². The van der Waals surface area contributed by atoms with Crippen molar-refractivity contribution in [2.45, 2.75) is 6.92 Å². The molecule has 22 heavy (non-hydrogen) atoms. The Bertz CT molecular complexity index is 783. The molecular formula is C16H17FN4O. The molecule has 0 saturated heterocycles. The van der Waals surface area contributed by atoms with Crippen LogP contribution in [0, 0.1) is 12.7 Å². The number of nitrogens with zero attached hydrogens (tertiary/aromatic N) is 3. The summed E-state index contributed by atoms with van der Waals surface area (Å²) in [6.45, 7) is 3.22. The van der Waals surface area contributed by atoms with Crippen molar-refractivity contribution in [1.82, 2.24) is 14.6 Å². The molecule has 0 spiro atoms. The van der Waals surface area contributed by atoms with Gasteiger partial charge in [-0.25, -0.2) is 9.37 Å². The number of benzene rings is 1. The SMILES string of the molecule is COCCNc1cc(C)nc2cc(-c3ccc(F)cc3)nn12. The predicted molar refractivity (Wildman–Crippen MR) is 83.5 cm³/mol. The van der Waals surface area contributed by atoms with Crippen molar-refractivity contribution < 1.29 is 9.13 Å². The number of anilines is 1. The Labute approximate surface area is 127 Å². The van der Waals surface area contributed by atoms with Gasteiger partial charge in [0.05, 0.1) is 12.3 Å². The normalized spacial score (nSPS) is 11.0. The molecule has 0 aliphatic heterocycles. The Morgan fingerprint density at radius 3 is 2.73 bits per heavy atom. The lowest BCUT2D eigenvalue weighted by atomic mass is 10.1. The van der Waals surface area contributed by atoms with Gasteiger partial charge in [-0.15, -0.1) is 0 Å². The number of hydrogen-bond donors (Lipinski definition) is 1. The standard InChI is InChI=1S/C16H17FN4O/c1-11-9-15(18-7-8-22-2)21-16(19-11)10-14(20-21)12-3-5-13(17)6-4-12/h3-6,9-10,18H,7-8H2,1-2H3. The summed E-state index contributed by atoms with van der Waals surface area (Å²) in [7, 11) is 1.66. The molecule has 0 saturated carbocycles. The van der Waals surface area contributed by atoms with Crippen LogP contribution >= 0.6 is 0 Å². The van der Waals surface area contributed by atoms with Crippen molar-refractivity contribution in [2.24, 2.45) is 0 Å². The van der Waals surface area contributed by atoms with E-state index in [0.717, 1.165) is 28.4 Å². The Morgan fingerprint density at radius 1 is 1.23 bits per heavy atom. The molecule has 0 fully saturated rings. The first-order valence-electron chi connectivity index (χ1n) is 7.03. The number of aryl methyl sites for hydroxylation is 1. The molecular weight excluding hydrogens is 283 g/mol. The minimum atomic E-state index is -0.261. The molecule has 3 rings (SSSR count). The van der Waals surface area contributed by atoms with E-state index < -0.39 is 0 Å². The Hall–Kier alpha value is -2.47. The molecule has 0 amide bonds. The number of aromatic nitrogens is 3. The highest BCUT2D eigenvalue weighted by molar-refractivity contribution is 5.65. The summed E-state index contributed by atoms with van der Waals surface area (Å²) < 4.78 is 19.8. The van der Waals surface area contributed by atoms with Crippen LogP contribution in [0.4, 0.5) is 10.2 Å². The maximum absolute atomic E-state index is 13.0. The third-order valence-corrected chi connectivity index (χ3v) is 3.31. The van der Waals surface area contributed by atoms with Gasteiger partial charge in [-0.2, -0.15) is 9.61 Å². The van der Waals surface area contributed by atoms with Gasteiger partial charge in [-0.1, -0.05) is 0 Å². The average molecular weight is 300 g/mol.